The van der Waals surface area contributed by atoms with Crippen LogP contribution in [0.1, 0.15) is 24.2 Å². The van der Waals surface area contributed by atoms with Crippen molar-refractivity contribution in [3.63, 3.8) is 0 Å². The molecule has 0 aliphatic heterocycles. The topological polar surface area (TPSA) is 50.2 Å². The van der Waals surface area contributed by atoms with Gasteiger partial charge in [0, 0.05) is 23.1 Å². The number of benzene rings is 2. The van der Waals surface area contributed by atoms with Crippen LogP contribution in [0, 0.1) is 11.7 Å². The number of hydrogen-bond donors (Lipinski definition) is 1. The summed E-state index contributed by atoms with van der Waals surface area (Å²) in [6.45, 7) is 3.67. The van der Waals surface area contributed by atoms with Crippen LogP contribution >= 0.6 is 11.6 Å². The fourth-order valence-corrected chi connectivity index (χ4v) is 2.72. The highest BCUT2D eigenvalue weighted by atomic mass is 35.5. The van der Waals surface area contributed by atoms with Gasteiger partial charge in [0.15, 0.2) is 17.3 Å². The second kappa shape index (κ2) is 6.21. The number of Topliss-reactive ketones (excluding diaryl/α,β-unsaturated/α-hetero) is 1. The van der Waals surface area contributed by atoms with Crippen molar-refractivity contribution >= 4 is 28.3 Å². The van der Waals surface area contributed by atoms with Crippen molar-refractivity contribution in [2.75, 3.05) is 0 Å². The Kier molecular flexibility index (Phi) is 4.24. The maximum absolute atomic E-state index is 13.7. The number of ketones is 1. The first kappa shape index (κ1) is 16.4. The molecule has 5 heteroatoms. The van der Waals surface area contributed by atoms with Crippen LogP contribution in [-0.4, -0.2) is 15.9 Å². The number of aromatic hydroxyl groups is 1. The Labute approximate surface area is 143 Å². The molecule has 0 amide bonds. The Morgan fingerprint density at radius 1 is 1.17 bits per heavy atom. The number of phenols is 1. The molecule has 24 heavy (non-hydrogen) atoms. The molecule has 0 fully saturated rings. The fourth-order valence-electron chi connectivity index (χ4n) is 2.51. The molecule has 0 radical (unpaired) electrons. The number of nitrogens with zero attached hydrogens (tertiary/aromatic N) is 1. The monoisotopic (exact) mass is 343 g/mol. The SMILES string of the molecule is CC(C)C(=O)c1cnc2ccc(-c3cc(F)c(O)c(Cl)c3)cc2c1. The molecule has 2 aromatic carbocycles. The Morgan fingerprint density at radius 3 is 2.58 bits per heavy atom. The summed E-state index contributed by atoms with van der Waals surface area (Å²) in [6.07, 6.45) is 1.57. The van der Waals surface area contributed by atoms with E-state index in [4.69, 9.17) is 11.6 Å². The molecule has 1 aromatic heterocycles. The maximum Gasteiger partial charge on any atom is 0.170 e. The third kappa shape index (κ3) is 2.97. The van der Waals surface area contributed by atoms with Gasteiger partial charge in [-0.05, 0) is 41.5 Å². The normalized spacial score (nSPS) is 11.2. The predicted octanol–water partition coefficient (Wildman–Crippen LogP) is 5.24. The average Bonchev–Trinajstić information content (AvgIpc) is 2.57. The molecule has 0 saturated heterocycles. The molecule has 0 spiro atoms. The van der Waals surface area contributed by atoms with E-state index >= 15 is 0 Å². The quantitative estimate of drug-likeness (QED) is 0.662. The first-order chi connectivity index (χ1) is 11.4. The zero-order chi connectivity index (χ0) is 17.4. The molecule has 0 aliphatic rings. The van der Waals surface area contributed by atoms with E-state index in [2.05, 4.69) is 4.98 Å². The molecule has 3 nitrogen and oxygen atoms in total. The number of hydrogen-bond acceptors (Lipinski definition) is 3. The van der Waals surface area contributed by atoms with E-state index in [9.17, 15) is 14.3 Å². The average molecular weight is 344 g/mol. The highest BCUT2D eigenvalue weighted by Crippen LogP contribution is 2.33. The largest absolute Gasteiger partial charge is 0.504 e. The van der Waals surface area contributed by atoms with Gasteiger partial charge in [-0.2, -0.15) is 0 Å². The van der Waals surface area contributed by atoms with Gasteiger partial charge in [-0.15, -0.1) is 0 Å². The van der Waals surface area contributed by atoms with Crippen LogP contribution in [0.3, 0.4) is 0 Å². The first-order valence-electron chi connectivity index (χ1n) is 7.49. The third-order valence-electron chi connectivity index (χ3n) is 3.84. The summed E-state index contributed by atoms with van der Waals surface area (Å²) in [4.78, 5) is 16.4. The Hall–Kier alpha value is -2.46. The summed E-state index contributed by atoms with van der Waals surface area (Å²) in [5, 5.41) is 10.2. The summed E-state index contributed by atoms with van der Waals surface area (Å²) >= 11 is 5.84. The van der Waals surface area contributed by atoms with Gasteiger partial charge in [-0.3, -0.25) is 9.78 Å². The van der Waals surface area contributed by atoms with Gasteiger partial charge < -0.3 is 5.11 Å². The number of fused-ring (bicyclic) bond motifs is 1. The lowest BCUT2D eigenvalue weighted by Crippen LogP contribution is -2.07. The number of phenolic OH excluding ortho intramolecular Hbond substituents is 1. The molecule has 0 unspecified atom stereocenters. The number of carbonyl (C=O) groups is 1. The highest BCUT2D eigenvalue weighted by Gasteiger charge is 2.13. The van der Waals surface area contributed by atoms with E-state index in [-0.39, 0.29) is 16.7 Å². The molecular weight excluding hydrogens is 329 g/mol. The van der Waals surface area contributed by atoms with Crippen molar-refractivity contribution < 1.29 is 14.3 Å². The number of pyridine rings is 1. The van der Waals surface area contributed by atoms with Crippen molar-refractivity contribution in [1.29, 1.82) is 0 Å². The molecule has 1 N–H and O–H groups in total. The molecule has 0 aliphatic carbocycles. The molecule has 0 bridgehead atoms. The lowest BCUT2D eigenvalue weighted by atomic mass is 9.99. The van der Waals surface area contributed by atoms with Crippen LogP contribution < -0.4 is 0 Å². The minimum Gasteiger partial charge on any atom is -0.504 e. The van der Waals surface area contributed by atoms with Crippen LogP contribution in [0.2, 0.25) is 5.02 Å². The molecular formula is C19H15ClFNO2. The van der Waals surface area contributed by atoms with E-state index in [0.29, 0.717) is 11.1 Å². The fraction of sp³-hybridized carbons (Fsp3) is 0.158. The van der Waals surface area contributed by atoms with Gasteiger partial charge >= 0.3 is 0 Å². The number of halogens is 2. The third-order valence-corrected chi connectivity index (χ3v) is 4.13. The molecule has 3 aromatic rings. The summed E-state index contributed by atoms with van der Waals surface area (Å²) < 4.78 is 13.7. The predicted molar refractivity (Wildman–Crippen MR) is 93.0 cm³/mol. The van der Waals surface area contributed by atoms with Crippen LogP contribution in [0.4, 0.5) is 4.39 Å². The first-order valence-corrected chi connectivity index (χ1v) is 7.87. The van der Waals surface area contributed by atoms with Crippen LogP contribution in [-0.2, 0) is 0 Å². The van der Waals surface area contributed by atoms with Gasteiger partial charge in [-0.1, -0.05) is 31.5 Å². The van der Waals surface area contributed by atoms with Crippen molar-refractivity contribution in [3.05, 3.63) is 59.0 Å². The molecule has 1 heterocycles. The van der Waals surface area contributed by atoms with Gasteiger partial charge in [0.1, 0.15) is 0 Å². The van der Waals surface area contributed by atoms with E-state index in [0.717, 1.165) is 16.5 Å². The van der Waals surface area contributed by atoms with Crippen LogP contribution in [0.5, 0.6) is 5.75 Å². The van der Waals surface area contributed by atoms with Crippen molar-refractivity contribution in [3.8, 4) is 16.9 Å². The number of rotatable bonds is 3. The van der Waals surface area contributed by atoms with E-state index in [1.807, 2.05) is 19.9 Å². The van der Waals surface area contributed by atoms with Crippen LogP contribution in [0.15, 0.2) is 42.6 Å². The summed E-state index contributed by atoms with van der Waals surface area (Å²) in [6, 6.07) is 9.92. The number of aromatic nitrogens is 1. The number of carbonyl (C=O) groups excluding carboxylic acids is 1. The van der Waals surface area contributed by atoms with Gasteiger partial charge in [-0.25, -0.2) is 4.39 Å². The van der Waals surface area contributed by atoms with Crippen molar-refractivity contribution in [2.45, 2.75) is 13.8 Å². The standard InChI is InChI=1S/C19H15ClFNO2/c1-10(2)18(23)14-6-13-5-11(3-4-17(13)22-9-14)12-7-15(20)19(24)16(21)8-12/h3-10,24H,1-2H3. The Morgan fingerprint density at radius 2 is 1.92 bits per heavy atom. The van der Waals surface area contributed by atoms with Gasteiger partial charge in [0.25, 0.3) is 0 Å². The van der Waals surface area contributed by atoms with Crippen molar-refractivity contribution in [2.24, 2.45) is 5.92 Å². The highest BCUT2D eigenvalue weighted by molar-refractivity contribution is 6.32. The van der Waals surface area contributed by atoms with Crippen molar-refractivity contribution in [1.82, 2.24) is 4.98 Å². The van der Waals surface area contributed by atoms with E-state index < -0.39 is 11.6 Å². The Bertz CT molecular complexity index is 930. The second-order valence-electron chi connectivity index (χ2n) is 5.94. The van der Waals surface area contributed by atoms with Crippen LogP contribution in [0.25, 0.3) is 22.0 Å². The summed E-state index contributed by atoms with van der Waals surface area (Å²) in [7, 11) is 0. The Balaban J connectivity index is 2.12. The zero-order valence-corrected chi connectivity index (χ0v) is 13.9. The minimum absolute atomic E-state index is 0.0218. The zero-order valence-electron chi connectivity index (χ0n) is 13.2. The summed E-state index contributed by atoms with van der Waals surface area (Å²) in [5.74, 6) is -1.43. The molecule has 0 saturated carbocycles. The lowest BCUT2D eigenvalue weighted by molar-refractivity contribution is 0.0939. The minimum atomic E-state index is -0.778. The lowest BCUT2D eigenvalue weighted by Gasteiger charge is -2.08. The molecule has 0 atom stereocenters. The molecule has 122 valence electrons. The van der Waals surface area contributed by atoms with Gasteiger partial charge in [0.05, 0.1) is 10.5 Å². The second-order valence-corrected chi connectivity index (χ2v) is 6.35. The van der Waals surface area contributed by atoms with E-state index in [1.54, 1.807) is 24.4 Å². The summed E-state index contributed by atoms with van der Waals surface area (Å²) in [5.41, 5.74) is 2.55. The molecule has 3 rings (SSSR count). The van der Waals surface area contributed by atoms with Gasteiger partial charge in [0.2, 0.25) is 0 Å². The smallest absolute Gasteiger partial charge is 0.170 e. The maximum atomic E-state index is 13.7. The van der Waals surface area contributed by atoms with E-state index in [1.165, 1.54) is 12.1 Å².